The maximum absolute atomic E-state index is 11.8. The zero-order valence-corrected chi connectivity index (χ0v) is 13.8. The highest BCUT2D eigenvalue weighted by Crippen LogP contribution is 2.17. The molecule has 3 nitrogen and oxygen atoms in total. The maximum Gasteiger partial charge on any atom is 0.220 e. The molecule has 0 aliphatic carbocycles. The first-order valence-corrected chi connectivity index (χ1v) is 8.26. The lowest BCUT2D eigenvalue weighted by molar-refractivity contribution is -0.121. The lowest BCUT2D eigenvalue weighted by Crippen LogP contribution is -2.22. The van der Waals surface area contributed by atoms with E-state index in [-0.39, 0.29) is 5.91 Å². The third kappa shape index (κ3) is 5.14. The van der Waals surface area contributed by atoms with Gasteiger partial charge in [-0.2, -0.15) is 0 Å². The molecule has 2 aromatic rings. The average Bonchev–Trinajstić information content (AvgIpc) is 2.93. The number of benzene rings is 1. The number of rotatable bonds is 6. The van der Waals surface area contributed by atoms with Crippen molar-refractivity contribution in [2.24, 2.45) is 0 Å². The van der Waals surface area contributed by atoms with Crippen LogP contribution in [-0.2, 0) is 17.8 Å². The Morgan fingerprint density at radius 1 is 1.33 bits per heavy atom. The molecule has 1 N–H and O–H groups in total. The standard InChI is InChI=1S/C16H19ClN2OS/c1-11(2)14-10-21-16(19-14)9-18-15(20)8-5-12-3-6-13(17)7-4-12/h3-4,6-7,10-11H,5,8-9H2,1-2H3,(H,18,20). The Morgan fingerprint density at radius 2 is 2.05 bits per heavy atom. The van der Waals surface area contributed by atoms with E-state index in [1.165, 1.54) is 0 Å². The Morgan fingerprint density at radius 3 is 2.67 bits per heavy atom. The number of aromatic nitrogens is 1. The van der Waals surface area contributed by atoms with Crippen LogP contribution in [0, 0.1) is 0 Å². The van der Waals surface area contributed by atoms with Gasteiger partial charge in [-0.15, -0.1) is 11.3 Å². The quantitative estimate of drug-likeness (QED) is 0.867. The maximum atomic E-state index is 11.8. The summed E-state index contributed by atoms with van der Waals surface area (Å²) in [5.74, 6) is 0.474. The molecule has 1 heterocycles. The summed E-state index contributed by atoms with van der Waals surface area (Å²) >= 11 is 7.43. The molecular weight excluding hydrogens is 304 g/mol. The molecule has 0 radical (unpaired) electrons. The van der Waals surface area contributed by atoms with Gasteiger partial charge in [-0.25, -0.2) is 4.98 Å². The molecule has 5 heteroatoms. The van der Waals surface area contributed by atoms with Gasteiger partial charge in [0.15, 0.2) is 0 Å². The number of carbonyl (C=O) groups excluding carboxylic acids is 1. The van der Waals surface area contributed by atoms with Gasteiger partial charge in [-0.3, -0.25) is 4.79 Å². The Labute approximate surface area is 134 Å². The summed E-state index contributed by atoms with van der Waals surface area (Å²) < 4.78 is 0. The zero-order chi connectivity index (χ0) is 15.2. The van der Waals surface area contributed by atoms with Crippen LogP contribution in [0.25, 0.3) is 0 Å². The summed E-state index contributed by atoms with van der Waals surface area (Å²) in [6.45, 7) is 4.74. The number of halogens is 1. The van der Waals surface area contributed by atoms with Crippen molar-refractivity contribution in [3.63, 3.8) is 0 Å². The lowest BCUT2D eigenvalue weighted by Gasteiger charge is -2.04. The topological polar surface area (TPSA) is 42.0 Å². The summed E-state index contributed by atoms with van der Waals surface area (Å²) in [6.07, 6.45) is 1.20. The predicted octanol–water partition coefficient (Wildman–Crippen LogP) is 4.17. The molecule has 0 aliphatic rings. The Hall–Kier alpha value is -1.39. The smallest absolute Gasteiger partial charge is 0.220 e. The van der Waals surface area contributed by atoms with Crippen molar-refractivity contribution in [2.45, 2.75) is 39.2 Å². The minimum atomic E-state index is 0.0475. The van der Waals surface area contributed by atoms with E-state index in [1.54, 1.807) is 11.3 Å². The van der Waals surface area contributed by atoms with E-state index in [4.69, 9.17) is 11.6 Å². The molecular formula is C16H19ClN2OS. The van der Waals surface area contributed by atoms with Crippen LogP contribution < -0.4 is 5.32 Å². The van der Waals surface area contributed by atoms with Crippen molar-refractivity contribution >= 4 is 28.8 Å². The number of thiazole rings is 1. The van der Waals surface area contributed by atoms with E-state index in [1.807, 2.05) is 24.3 Å². The highest BCUT2D eigenvalue weighted by atomic mass is 35.5. The fourth-order valence-electron chi connectivity index (χ4n) is 1.84. The second-order valence-electron chi connectivity index (χ2n) is 5.22. The van der Waals surface area contributed by atoms with Crippen LogP contribution >= 0.6 is 22.9 Å². The van der Waals surface area contributed by atoms with Gasteiger partial charge < -0.3 is 5.32 Å². The van der Waals surface area contributed by atoms with Crippen molar-refractivity contribution in [1.82, 2.24) is 10.3 Å². The Bertz CT molecular complexity index is 593. The van der Waals surface area contributed by atoms with Gasteiger partial charge in [-0.05, 0) is 30.0 Å². The average molecular weight is 323 g/mol. The summed E-state index contributed by atoms with van der Waals surface area (Å²) in [7, 11) is 0. The van der Waals surface area contributed by atoms with E-state index in [0.29, 0.717) is 23.9 Å². The normalized spacial score (nSPS) is 10.9. The largest absolute Gasteiger partial charge is 0.350 e. The van der Waals surface area contributed by atoms with E-state index in [9.17, 15) is 4.79 Å². The number of hydrogen-bond acceptors (Lipinski definition) is 3. The van der Waals surface area contributed by atoms with Gasteiger partial charge in [-0.1, -0.05) is 37.6 Å². The van der Waals surface area contributed by atoms with Gasteiger partial charge >= 0.3 is 0 Å². The summed E-state index contributed by atoms with van der Waals surface area (Å²) in [5.41, 5.74) is 2.20. The molecule has 0 saturated carbocycles. The van der Waals surface area contributed by atoms with E-state index < -0.39 is 0 Å². The molecule has 0 spiro atoms. The molecule has 0 fully saturated rings. The van der Waals surface area contributed by atoms with Gasteiger partial charge in [0.05, 0.1) is 12.2 Å². The van der Waals surface area contributed by atoms with Crippen LogP contribution in [0.1, 0.15) is 42.5 Å². The van der Waals surface area contributed by atoms with Crippen LogP contribution in [0.4, 0.5) is 0 Å². The number of hydrogen-bond donors (Lipinski definition) is 1. The van der Waals surface area contributed by atoms with Gasteiger partial charge in [0.2, 0.25) is 5.91 Å². The van der Waals surface area contributed by atoms with Crippen molar-refractivity contribution < 1.29 is 4.79 Å². The predicted molar refractivity (Wildman–Crippen MR) is 87.8 cm³/mol. The highest BCUT2D eigenvalue weighted by molar-refractivity contribution is 7.09. The second kappa shape index (κ2) is 7.57. The first-order chi connectivity index (χ1) is 10.0. The highest BCUT2D eigenvalue weighted by Gasteiger charge is 2.07. The minimum absolute atomic E-state index is 0.0475. The summed E-state index contributed by atoms with van der Waals surface area (Å²) in [5, 5.41) is 6.64. The first kappa shape index (κ1) is 16.0. The molecule has 0 saturated heterocycles. The molecule has 0 unspecified atom stereocenters. The van der Waals surface area contributed by atoms with Crippen LogP contribution in [-0.4, -0.2) is 10.9 Å². The monoisotopic (exact) mass is 322 g/mol. The molecule has 1 aromatic heterocycles. The van der Waals surface area contributed by atoms with E-state index in [2.05, 4.69) is 29.5 Å². The van der Waals surface area contributed by atoms with Gasteiger partial charge in [0.25, 0.3) is 0 Å². The van der Waals surface area contributed by atoms with E-state index in [0.717, 1.165) is 22.7 Å². The number of aryl methyl sites for hydroxylation is 1. The molecule has 0 atom stereocenters. The molecule has 112 valence electrons. The van der Waals surface area contributed by atoms with Gasteiger partial charge in [0, 0.05) is 16.8 Å². The number of nitrogens with zero attached hydrogens (tertiary/aromatic N) is 1. The molecule has 1 amide bonds. The fraction of sp³-hybridized carbons (Fsp3) is 0.375. The van der Waals surface area contributed by atoms with Crippen LogP contribution in [0.3, 0.4) is 0 Å². The molecule has 1 aromatic carbocycles. The van der Waals surface area contributed by atoms with Gasteiger partial charge in [0.1, 0.15) is 5.01 Å². The zero-order valence-electron chi connectivity index (χ0n) is 12.2. The first-order valence-electron chi connectivity index (χ1n) is 7.00. The van der Waals surface area contributed by atoms with Crippen molar-refractivity contribution in [3.8, 4) is 0 Å². The van der Waals surface area contributed by atoms with E-state index >= 15 is 0 Å². The third-order valence-electron chi connectivity index (χ3n) is 3.15. The van der Waals surface area contributed by atoms with Crippen LogP contribution in [0.5, 0.6) is 0 Å². The van der Waals surface area contributed by atoms with Crippen molar-refractivity contribution in [3.05, 3.63) is 50.9 Å². The number of nitrogens with one attached hydrogen (secondary N) is 1. The molecule has 21 heavy (non-hydrogen) atoms. The lowest BCUT2D eigenvalue weighted by atomic mass is 10.1. The van der Waals surface area contributed by atoms with Crippen molar-refractivity contribution in [1.29, 1.82) is 0 Å². The molecule has 0 aliphatic heterocycles. The van der Waals surface area contributed by atoms with Crippen molar-refractivity contribution in [2.75, 3.05) is 0 Å². The number of amides is 1. The third-order valence-corrected chi connectivity index (χ3v) is 4.27. The fourth-order valence-corrected chi connectivity index (χ4v) is 2.86. The summed E-state index contributed by atoms with van der Waals surface area (Å²) in [4.78, 5) is 16.3. The Balaban J connectivity index is 1.75. The number of carbonyl (C=O) groups is 1. The van der Waals surface area contributed by atoms with Crippen LogP contribution in [0.2, 0.25) is 5.02 Å². The summed E-state index contributed by atoms with van der Waals surface area (Å²) in [6, 6.07) is 7.59. The molecule has 2 rings (SSSR count). The SMILES string of the molecule is CC(C)c1csc(CNC(=O)CCc2ccc(Cl)cc2)n1. The van der Waals surface area contributed by atoms with Crippen LogP contribution in [0.15, 0.2) is 29.6 Å². The molecule has 0 bridgehead atoms. The Kier molecular flexibility index (Phi) is 5.76. The minimum Gasteiger partial charge on any atom is -0.350 e. The second-order valence-corrected chi connectivity index (χ2v) is 6.60.